The summed E-state index contributed by atoms with van der Waals surface area (Å²) in [6.45, 7) is 5.30. The normalized spacial score (nSPS) is 15.3. The number of rotatable bonds is 5. The van der Waals surface area contributed by atoms with E-state index in [0.29, 0.717) is 0 Å². The van der Waals surface area contributed by atoms with Crippen molar-refractivity contribution in [2.75, 3.05) is 29.9 Å². The Hall–Kier alpha value is -2.10. The number of benzene rings is 1. The van der Waals surface area contributed by atoms with Crippen molar-refractivity contribution in [3.05, 3.63) is 36.4 Å². The lowest BCUT2D eigenvalue weighted by atomic mass is 10.2. The van der Waals surface area contributed by atoms with Gasteiger partial charge in [0.05, 0.1) is 0 Å². The van der Waals surface area contributed by atoms with Crippen molar-refractivity contribution in [3.8, 4) is 11.4 Å². The van der Waals surface area contributed by atoms with Crippen LogP contribution in [0.4, 0.5) is 11.6 Å². The van der Waals surface area contributed by atoms with E-state index in [4.69, 9.17) is 9.97 Å². The van der Waals surface area contributed by atoms with E-state index in [1.807, 2.05) is 18.2 Å². The SMILES string of the molecule is CCCNc1cc(N2CCCCCC2)nc(-c2ccccc2)n1. The molecule has 0 aliphatic carbocycles. The van der Waals surface area contributed by atoms with Crippen molar-refractivity contribution < 1.29 is 0 Å². The molecule has 1 N–H and O–H groups in total. The summed E-state index contributed by atoms with van der Waals surface area (Å²) in [6.07, 6.45) is 6.25. The molecule has 1 aromatic heterocycles. The van der Waals surface area contributed by atoms with E-state index < -0.39 is 0 Å². The minimum Gasteiger partial charge on any atom is -0.370 e. The fourth-order valence-electron chi connectivity index (χ4n) is 2.96. The van der Waals surface area contributed by atoms with Crippen LogP contribution in [0.15, 0.2) is 36.4 Å². The monoisotopic (exact) mass is 310 g/mol. The Morgan fingerprint density at radius 3 is 2.43 bits per heavy atom. The van der Waals surface area contributed by atoms with E-state index in [0.717, 1.165) is 49.1 Å². The second-order valence-corrected chi connectivity index (χ2v) is 6.13. The van der Waals surface area contributed by atoms with Gasteiger partial charge in [0, 0.05) is 31.3 Å². The molecule has 23 heavy (non-hydrogen) atoms. The molecule has 122 valence electrons. The maximum Gasteiger partial charge on any atom is 0.163 e. The van der Waals surface area contributed by atoms with Crippen LogP contribution in [0.1, 0.15) is 39.0 Å². The van der Waals surface area contributed by atoms with Crippen LogP contribution in [0.25, 0.3) is 11.4 Å². The lowest BCUT2D eigenvalue weighted by Crippen LogP contribution is -2.25. The highest BCUT2D eigenvalue weighted by Gasteiger charge is 2.14. The highest BCUT2D eigenvalue weighted by molar-refractivity contribution is 5.61. The molecule has 4 heteroatoms. The second-order valence-electron chi connectivity index (χ2n) is 6.13. The molecule has 0 bridgehead atoms. The molecule has 3 rings (SSSR count). The molecule has 1 aliphatic rings. The van der Waals surface area contributed by atoms with Gasteiger partial charge in [-0.25, -0.2) is 9.97 Å². The topological polar surface area (TPSA) is 41.0 Å². The Bertz CT molecular complexity index is 604. The van der Waals surface area contributed by atoms with Gasteiger partial charge >= 0.3 is 0 Å². The third-order valence-electron chi connectivity index (χ3n) is 4.23. The minimum absolute atomic E-state index is 0.811. The first kappa shape index (κ1) is 15.8. The number of anilines is 2. The first-order valence-corrected chi connectivity index (χ1v) is 8.80. The Morgan fingerprint density at radius 1 is 1.00 bits per heavy atom. The maximum absolute atomic E-state index is 4.85. The van der Waals surface area contributed by atoms with Gasteiger partial charge < -0.3 is 10.2 Å². The zero-order chi connectivity index (χ0) is 15.9. The Balaban J connectivity index is 1.93. The van der Waals surface area contributed by atoms with Crippen molar-refractivity contribution in [1.82, 2.24) is 9.97 Å². The van der Waals surface area contributed by atoms with Crippen molar-refractivity contribution in [2.45, 2.75) is 39.0 Å². The Labute approximate surface area is 139 Å². The quantitative estimate of drug-likeness (QED) is 0.891. The van der Waals surface area contributed by atoms with E-state index >= 15 is 0 Å². The lowest BCUT2D eigenvalue weighted by molar-refractivity contribution is 0.726. The number of nitrogens with zero attached hydrogens (tertiary/aromatic N) is 3. The van der Waals surface area contributed by atoms with Gasteiger partial charge in [-0.3, -0.25) is 0 Å². The van der Waals surface area contributed by atoms with Crippen LogP contribution in [0, 0.1) is 0 Å². The van der Waals surface area contributed by atoms with Crippen molar-refractivity contribution in [2.24, 2.45) is 0 Å². The van der Waals surface area contributed by atoms with E-state index in [9.17, 15) is 0 Å². The summed E-state index contributed by atoms with van der Waals surface area (Å²) in [4.78, 5) is 12.0. The molecule has 2 heterocycles. The molecule has 0 atom stereocenters. The van der Waals surface area contributed by atoms with Gasteiger partial charge in [-0.2, -0.15) is 0 Å². The summed E-state index contributed by atoms with van der Waals surface area (Å²) < 4.78 is 0. The summed E-state index contributed by atoms with van der Waals surface area (Å²) in [5.74, 6) is 2.80. The largest absolute Gasteiger partial charge is 0.370 e. The van der Waals surface area contributed by atoms with Gasteiger partial charge in [0.25, 0.3) is 0 Å². The second kappa shape index (κ2) is 7.95. The van der Waals surface area contributed by atoms with Crippen molar-refractivity contribution >= 4 is 11.6 Å². The molecule has 1 saturated heterocycles. The van der Waals surface area contributed by atoms with Crippen LogP contribution in [-0.2, 0) is 0 Å². The molecule has 0 saturated carbocycles. The molecular weight excluding hydrogens is 284 g/mol. The number of hydrogen-bond acceptors (Lipinski definition) is 4. The zero-order valence-corrected chi connectivity index (χ0v) is 14.0. The number of hydrogen-bond donors (Lipinski definition) is 1. The van der Waals surface area contributed by atoms with Gasteiger partial charge in [0.15, 0.2) is 5.82 Å². The average molecular weight is 310 g/mol. The lowest BCUT2D eigenvalue weighted by Gasteiger charge is -2.22. The van der Waals surface area contributed by atoms with Crippen molar-refractivity contribution in [3.63, 3.8) is 0 Å². The average Bonchev–Trinajstić information content (AvgIpc) is 2.90. The summed E-state index contributed by atoms with van der Waals surface area (Å²) in [6, 6.07) is 12.4. The van der Waals surface area contributed by atoms with Gasteiger partial charge in [-0.05, 0) is 19.3 Å². The first-order chi connectivity index (χ1) is 11.4. The highest BCUT2D eigenvalue weighted by Crippen LogP contribution is 2.24. The Morgan fingerprint density at radius 2 is 1.74 bits per heavy atom. The standard InChI is InChI=1S/C19H26N4/c1-2-12-20-17-15-18(23-13-8-3-4-9-14-23)22-19(21-17)16-10-6-5-7-11-16/h5-7,10-11,15H,2-4,8-9,12-14H2,1H3,(H,20,21,22). The number of aromatic nitrogens is 2. The van der Waals surface area contributed by atoms with Gasteiger partial charge in [0.2, 0.25) is 0 Å². The molecule has 0 amide bonds. The van der Waals surface area contributed by atoms with Gasteiger partial charge in [0.1, 0.15) is 11.6 Å². The van der Waals surface area contributed by atoms with Crippen LogP contribution in [-0.4, -0.2) is 29.6 Å². The summed E-state index contributed by atoms with van der Waals surface area (Å²) in [5, 5.41) is 3.42. The first-order valence-electron chi connectivity index (χ1n) is 8.80. The van der Waals surface area contributed by atoms with Crippen LogP contribution in [0.2, 0.25) is 0 Å². The van der Waals surface area contributed by atoms with E-state index in [1.165, 1.54) is 25.7 Å². The van der Waals surface area contributed by atoms with Crippen LogP contribution in [0.3, 0.4) is 0 Å². The molecule has 1 fully saturated rings. The summed E-state index contributed by atoms with van der Waals surface area (Å²) >= 11 is 0. The molecule has 0 unspecified atom stereocenters. The van der Waals surface area contributed by atoms with Gasteiger partial charge in [-0.15, -0.1) is 0 Å². The third kappa shape index (κ3) is 4.21. The smallest absolute Gasteiger partial charge is 0.163 e. The zero-order valence-electron chi connectivity index (χ0n) is 14.0. The molecule has 0 spiro atoms. The third-order valence-corrected chi connectivity index (χ3v) is 4.23. The van der Waals surface area contributed by atoms with Gasteiger partial charge in [-0.1, -0.05) is 50.1 Å². The molecule has 4 nitrogen and oxygen atoms in total. The van der Waals surface area contributed by atoms with Crippen molar-refractivity contribution in [1.29, 1.82) is 0 Å². The molecule has 1 aliphatic heterocycles. The number of nitrogens with one attached hydrogen (secondary N) is 1. The molecular formula is C19H26N4. The van der Waals surface area contributed by atoms with Crippen LogP contribution in [0.5, 0.6) is 0 Å². The van der Waals surface area contributed by atoms with E-state index in [-0.39, 0.29) is 0 Å². The summed E-state index contributed by atoms with van der Waals surface area (Å²) in [7, 11) is 0. The predicted molar refractivity (Wildman–Crippen MR) is 96.9 cm³/mol. The Kier molecular flexibility index (Phi) is 5.46. The van der Waals surface area contributed by atoms with Crippen LogP contribution >= 0.6 is 0 Å². The fraction of sp³-hybridized carbons (Fsp3) is 0.474. The molecule has 0 radical (unpaired) electrons. The fourth-order valence-corrected chi connectivity index (χ4v) is 2.96. The highest BCUT2D eigenvalue weighted by atomic mass is 15.2. The maximum atomic E-state index is 4.85. The van der Waals surface area contributed by atoms with E-state index in [1.54, 1.807) is 0 Å². The van der Waals surface area contributed by atoms with Crippen LogP contribution < -0.4 is 10.2 Å². The predicted octanol–water partition coefficient (Wildman–Crippen LogP) is 4.35. The molecule has 2 aromatic rings. The summed E-state index contributed by atoms with van der Waals surface area (Å²) in [5.41, 5.74) is 1.07. The molecule has 1 aromatic carbocycles. The minimum atomic E-state index is 0.811. The van der Waals surface area contributed by atoms with E-state index in [2.05, 4.69) is 35.3 Å².